The van der Waals surface area contributed by atoms with Crippen LogP contribution in [0, 0.1) is 11.3 Å². The summed E-state index contributed by atoms with van der Waals surface area (Å²) in [5.74, 6) is 0.451. The molecule has 1 aliphatic heterocycles. The summed E-state index contributed by atoms with van der Waals surface area (Å²) in [6, 6.07) is 7.50. The number of pyridine rings is 1. The SMILES string of the molecule is CCCC(C)(O)c1cccc(/C(C#N)=C2/NC(C)(C)CO2)n1. The van der Waals surface area contributed by atoms with Crippen molar-refractivity contribution in [3.63, 3.8) is 0 Å². The van der Waals surface area contributed by atoms with Crippen molar-refractivity contribution in [1.29, 1.82) is 5.26 Å². The molecular weight excluding hydrogens is 278 g/mol. The molecule has 2 N–H and O–H groups in total. The van der Waals surface area contributed by atoms with E-state index in [0.29, 0.717) is 35.9 Å². The van der Waals surface area contributed by atoms with E-state index in [1.807, 2.05) is 20.8 Å². The van der Waals surface area contributed by atoms with Crippen molar-refractivity contribution in [3.8, 4) is 6.07 Å². The lowest BCUT2D eigenvalue weighted by Gasteiger charge is -2.22. The van der Waals surface area contributed by atoms with Crippen LogP contribution in [0.4, 0.5) is 0 Å². The average Bonchev–Trinajstić information content (AvgIpc) is 2.80. The summed E-state index contributed by atoms with van der Waals surface area (Å²) >= 11 is 0. The molecule has 5 heteroatoms. The van der Waals surface area contributed by atoms with E-state index >= 15 is 0 Å². The Morgan fingerprint density at radius 2 is 2.27 bits per heavy atom. The molecule has 118 valence electrons. The molecular formula is C17H23N3O2. The first-order valence-corrected chi connectivity index (χ1v) is 7.55. The monoisotopic (exact) mass is 301 g/mol. The Morgan fingerprint density at radius 3 is 2.82 bits per heavy atom. The Bertz CT molecular complexity index is 627. The highest BCUT2D eigenvalue weighted by atomic mass is 16.5. The van der Waals surface area contributed by atoms with Crippen LogP contribution >= 0.6 is 0 Å². The molecule has 2 heterocycles. The van der Waals surface area contributed by atoms with E-state index in [1.165, 1.54) is 0 Å². The van der Waals surface area contributed by atoms with Gasteiger partial charge in [-0.25, -0.2) is 4.98 Å². The molecule has 0 saturated carbocycles. The topological polar surface area (TPSA) is 78.2 Å². The van der Waals surface area contributed by atoms with Gasteiger partial charge in [0.25, 0.3) is 0 Å². The quantitative estimate of drug-likeness (QED) is 0.836. The van der Waals surface area contributed by atoms with Crippen LogP contribution in [0.15, 0.2) is 24.1 Å². The van der Waals surface area contributed by atoms with Crippen LogP contribution in [0.3, 0.4) is 0 Å². The molecule has 1 saturated heterocycles. The van der Waals surface area contributed by atoms with Crippen LogP contribution in [0.2, 0.25) is 0 Å². The van der Waals surface area contributed by atoms with Gasteiger partial charge in [-0.2, -0.15) is 5.26 Å². The van der Waals surface area contributed by atoms with Gasteiger partial charge in [0.2, 0.25) is 5.88 Å². The summed E-state index contributed by atoms with van der Waals surface area (Å²) in [6.45, 7) is 8.27. The van der Waals surface area contributed by atoms with Gasteiger partial charge < -0.3 is 15.2 Å². The fraction of sp³-hybridized carbons (Fsp3) is 0.529. The maximum absolute atomic E-state index is 10.5. The molecule has 0 aliphatic carbocycles. The van der Waals surface area contributed by atoms with E-state index in [0.717, 1.165) is 6.42 Å². The number of nitriles is 1. The smallest absolute Gasteiger partial charge is 0.207 e. The second-order valence-corrected chi connectivity index (χ2v) is 6.55. The van der Waals surface area contributed by atoms with Crippen molar-refractivity contribution in [2.45, 2.75) is 51.7 Å². The van der Waals surface area contributed by atoms with Gasteiger partial charge in [-0.3, -0.25) is 0 Å². The number of aliphatic hydroxyl groups is 1. The summed E-state index contributed by atoms with van der Waals surface area (Å²) in [5, 5.41) is 23.2. The van der Waals surface area contributed by atoms with Crippen molar-refractivity contribution < 1.29 is 9.84 Å². The fourth-order valence-electron chi connectivity index (χ4n) is 2.48. The van der Waals surface area contributed by atoms with Crippen molar-refractivity contribution in [3.05, 3.63) is 35.5 Å². The van der Waals surface area contributed by atoms with E-state index in [2.05, 4.69) is 16.4 Å². The van der Waals surface area contributed by atoms with Crippen LogP contribution in [-0.2, 0) is 10.3 Å². The first-order valence-electron chi connectivity index (χ1n) is 7.55. The molecule has 5 nitrogen and oxygen atoms in total. The first kappa shape index (κ1) is 16.3. The normalized spacial score (nSPS) is 21.3. The molecule has 1 atom stereocenters. The molecule has 1 unspecified atom stereocenters. The summed E-state index contributed by atoms with van der Waals surface area (Å²) in [5.41, 5.74) is 0.232. The number of hydrogen-bond donors (Lipinski definition) is 2. The molecule has 22 heavy (non-hydrogen) atoms. The first-order chi connectivity index (χ1) is 10.3. The summed E-state index contributed by atoms with van der Waals surface area (Å²) in [7, 11) is 0. The van der Waals surface area contributed by atoms with Gasteiger partial charge in [0.15, 0.2) is 0 Å². The minimum absolute atomic E-state index is 0.206. The predicted molar refractivity (Wildman–Crippen MR) is 84.4 cm³/mol. The van der Waals surface area contributed by atoms with Gasteiger partial charge in [0.05, 0.1) is 16.9 Å². The molecule has 0 bridgehead atoms. The standard InChI is InChI=1S/C17H23N3O2/c1-5-9-17(4,21)14-8-6-7-13(19-14)12(10-18)15-20-16(2,3)11-22-15/h6-8,20-21H,5,9,11H2,1-4H3/b15-12-. The third-order valence-electron chi connectivity index (χ3n) is 3.66. The lowest BCUT2D eigenvalue weighted by molar-refractivity contribution is 0.0424. The maximum Gasteiger partial charge on any atom is 0.207 e. The molecule has 0 amide bonds. The highest BCUT2D eigenvalue weighted by Gasteiger charge is 2.31. The number of rotatable bonds is 4. The van der Waals surface area contributed by atoms with Crippen molar-refractivity contribution in [1.82, 2.24) is 10.3 Å². The molecule has 0 spiro atoms. The Balaban J connectivity index is 2.41. The number of allylic oxidation sites excluding steroid dienone is 1. The molecule has 1 aromatic rings. The van der Waals surface area contributed by atoms with Crippen molar-refractivity contribution >= 4 is 5.57 Å². The summed E-state index contributed by atoms with van der Waals surface area (Å²) in [6.07, 6.45) is 1.47. The Morgan fingerprint density at radius 1 is 1.55 bits per heavy atom. The Labute approximate surface area is 131 Å². The summed E-state index contributed by atoms with van der Waals surface area (Å²) < 4.78 is 5.59. The number of nitrogens with one attached hydrogen (secondary N) is 1. The Kier molecular flexibility index (Phi) is 4.43. The number of hydrogen-bond acceptors (Lipinski definition) is 5. The van der Waals surface area contributed by atoms with Crippen LogP contribution in [0.1, 0.15) is 51.9 Å². The highest BCUT2D eigenvalue weighted by molar-refractivity contribution is 5.76. The third-order valence-corrected chi connectivity index (χ3v) is 3.66. The zero-order valence-electron chi connectivity index (χ0n) is 13.6. The van der Waals surface area contributed by atoms with Gasteiger partial charge in [-0.05, 0) is 39.3 Å². The van der Waals surface area contributed by atoms with Gasteiger partial charge in [-0.1, -0.05) is 19.4 Å². The zero-order valence-corrected chi connectivity index (χ0v) is 13.6. The van der Waals surface area contributed by atoms with Crippen molar-refractivity contribution in [2.75, 3.05) is 6.61 Å². The lowest BCUT2D eigenvalue weighted by Crippen LogP contribution is -2.34. The average molecular weight is 301 g/mol. The fourth-order valence-corrected chi connectivity index (χ4v) is 2.48. The second kappa shape index (κ2) is 5.98. The van der Waals surface area contributed by atoms with Crippen LogP contribution < -0.4 is 5.32 Å². The van der Waals surface area contributed by atoms with Gasteiger partial charge in [0.1, 0.15) is 23.9 Å². The largest absolute Gasteiger partial charge is 0.476 e. The van der Waals surface area contributed by atoms with Crippen LogP contribution in [0.5, 0.6) is 0 Å². The number of aromatic nitrogens is 1. The van der Waals surface area contributed by atoms with E-state index in [9.17, 15) is 10.4 Å². The number of ether oxygens (including phenoxy) is 1. The zero-order chi connectivity index (χ0) is 16.4. The van der Waals surface area contributed by atoms with Crippen molar-refractivity contribution in [2.24, 2.45) is 0 Å². The van der Waals surface area contributed by atoms with Gasteiger partial charge in [-0.15, -0.1) is 0 Å². The van der Waals surface area contributed by atoms with Gasteiger partial charge >= 0.3 is 0 Å². The molecule has 2 rings (SSSR count). The van der Waals surface area contributed by atoms with Crippen LogP contribution in [0.25, 0.3) is 5.57 Å². The molecule has 1 aliphatic rings. The lowest BCUT2D eigenvalue weighted by atomic mass is 9.95. The maximum atomic E-state index is 10.5. The second-order valence-electron chi connectivity index (χ2n) is 6.55. The Hall–Kier alpha value is -2.06. The van der Waals surface area contributed by atoms with Gasteiger partial charge in [0, 0.05) is 0 Å². The third kappa shape index (κ3) is 3.40. The van der Waals surface area contributed by atoms with E-state index in [-0.39, 0.29) is 5.54 Å². The molecule has 1 aromatic heterocycles. The van der Waals surface area contributed by atoms with E-state index in [4.69, 9.17) is 4.74 Å². The molecule has 1 fully saturated rings. The minimum atomic E-state index is -1.00. The summed E-state index contributed by atoms with van der Waals surface area (Å²) in [4.78, 5) is 4.48. The number of nitrogens with zero attached hydrogens (tertiary/aromatic N) is 2. The highest BCUT2D eigenvalue weighted by Crippen LogP contribution is 2.28. The minimum Gasteiger partial charge on any atom is -0.476 e. The molecule has 0 aromatic carbocycles. The van der Waals surface area contributed by atoms with Crippen LogP contribution in [-0.4, -0.2) is 22.2 Å². The van der Waals surface area contributed by atoms with E-state index in [1.54, 1.807) is 25.1 Å². The predicted octanol–water partition coefficient (Wildman–Crippen LogP) is 2.68. The molecule has 0 radical (unpaired) electrons. The van der Waals surface area contributed by atoms with E-state index < -0.39 is 5.60 Å².